The van der Waals surface area contributed by atoms with Crippen LogP contribution in [0.2, 0.25) is 0 Å². The number of nitro groups is 1. The van der Waals surface area contributed by atoms with Gasteiger partial charge in [-0.25, -0.2) is 4.79 Å². The molecule has 0 aromatic carbocycles. The minimum Gasteiger partial charge on any atom is -0.476 e. The van der Waals surface area contributed by atoms with Gasteiger partial charge in [0.1, 0.15) is 0 Å². The summed E-state index contributed by atoms with van der Waals surface area (Å²) in [5.74, 6) is -1.36. The molecule has 0 aliphatic heterocycles. The zero-order valence-electron chi connectivity index (χ0n) is 6.39. The van der Waals surface area contributed by atoms with Crippen LogP contribution >= 0.6 is 22.6 Å². The van der Waals surface area contributed by atoms with Crippen LogP contribution in [-0.2, 0) is 7.05 Å². The van der Waals surface area contributed by atoms with Gasteiger partial charge in [-0.2, -0.15) is 5.10 Å². The number of hydrogen-bond donors (Lipinski definition) is 1. The van der Waals surface area contributed by atoms with Crippen LogP contribution in [0.15, 0.2) is 0 Å². The third-order valence-electron chi connectivity index (χ3n) is 1.37. The summed E-state index contributed by atoms with van der Waals surface area (Å²) < 4.78 is 1.05. The SMILES string of the molecule is Cn1nc(I)c([N+](=O)[O-])c1C(=O)O. The summed E-state index contributed by atoms with van der Waals surface area (Å²) in [6.07, 6.45) is 0. The van der Waals surface area contributed by atoms with Gasteiger partial charge in [-0.3, -0.25) is 14.8 Å². The van der Waals surface area contributed by atoms with Crippen LogP contribution in [0.5, 0.6) is 0 Å². The Hall–Kier alpha value is -1.19. The number of carboxylic acids is 1. The zero-order chi connectivity index (χ0) is 10.2. The van der Waals surface area contributed by atoms with Crippen molar-refractivity contribution in [2.45, 2.75) is 0 Å². The number of aromatic carboxylic acids is 1. The number of carbonyl (C=O) groups is 1. The molecule has 70 valence electrons. The van der Waals surface area contributed by atoms with Crippen molar-refractivity contribution < 1.29 is 14.8 Å². The van der Waals surface area contributed by atoms with E-state index in [9.17, 15) is 14.9 Å². The van der Waals surface area contributed by atoms with E-state index < -0.39 is 22.3 Å². The summed E-state index contributed by atoms with van der Waals surface area (Å²) >= 11 is 1.62. The molecule has 1 aromatic rings. The smallest absolute Gasteiger partial charge is 0.361 e. The van der Waals surface area contributed by atoms with Crippen molar-refractivity contribution >= 4 is 34.2 Å². The minimum absolute atomic E-state index is 0.0718. The Bertz CT molecular complexity index is 351. The van der Waals surface area contributed by atoms with Gasteiger partial charge in [0.05, 0.1) is 4.92 Å². The van der Waals surface area contributed by atoms with Gasteiger partial charge in [0.25, 0.3) is 0 Å². The van der Waals surface area contributed by atoms with Crippen LogP contribution in [-0.4, -0.2) is 25.8 Å². The molecule has 0 amide bonds. The number of rotatable bonds is 2. The Morgan fingerprint density at radius 2 is 2.31 bits per heavy atom. The van der Waals surface area contributed by atoms with Crippen LogP contribution < -0.4 is 0 Å². The number of carboxylic acid groups (broad SMARTS) is 1. The molecule has 0 radical (unpaired) electrons. The van der Waals surface area contributed by atoms with E-state index in [1.165, 1.54) is 7.05 Å². The van der Waals surface area contributed by atoms with Crippen molar-refractivity contribution in [2.24, 2.45) is 7.05 Å². The molecule has 0 saturated carbocycles. The van der Waals surface area contributed by atoms with Gasteiger partial charge >= 0.3 is 11.7 Å². The molecule has 0 bridgehead atoms. The van der Waals surface area contributed by atoms with Crippen LogP contribution in [0.25, 0.3) is 0 Å². The molecule has 0 saturated heterocycles. The maximum absolute atomic E-state index is 10.6. The molecule has 0 aliphatic rings. The normalized spacial score (nSPS) is 10.0. The average molecular weight is 297 g/mol. The molecule has 0 spiro atoms. The lowest BCUT2D eigenvalue weighted by atomic mass is 10.4. The van der Waals surface area contributed by atoms with Gasteiger partial charge in [0.2, 0.25) is 9.39 Å². The second kappa shape index (κ2) is 3.28. The summed E-state index contributed by atoms with van der Waals surface area (Å²) in [4.78, 5) is 20.3. The van der Waals surface area contributed by atoms with Gasteiger partial charge in [-0.15, -0.1) is 0 Å². The van der Waals surface area contributed by atoms with Gasteiger partial charge in [0.15, 0.2) is 0 Å². The summed E-state index contributed by atoms with van der Waals surface area (Å²) in [7, 11) is 1.35. The maximum atomic E-state index is 10.6. The van der Waals surface area contributed by atoms with Crippen LogP contribution in [0.1, 0.15) is 10.5 Å². The third-order valence-corrected chi connectivity index (χ3v) is 2.09. The van der Waals surface area contributed by atoms with E-state index in [4.69, 9.17) is 5.11 Å². The molecular weight excluding hydrogens is 293 g/mol. The lowest BCUT2D eigenvalue weighted by Crippen LogP contribution is -2.07. The lowest BCUT2D eigenvalue weighted by molar-refractivity contribution is -0.386. The molecule has 1 N–H and O–H groups in total. The molecule has 13 heavy (non-hydrogen) atoms. The fourth-order valence-electron chi connectivity index (χ4n) is 0.882. The second-order valence-corrected chi connectivity index (χ2v) is 3.20. The Labute approximate surface area is 85.6 Å². The number of aromatic nitrogens is 2. The van der Waals surface area contributed by atoms with E-state index in [2.05, 4.69) is 5.10 Å². The topological polar surface area (TPSA) is 98.3 Å². The quantitative estimate of drug-likeness (QED) is 0.490. The average Bonchev–Trinajstić information content (AvgIpc) is 2.24. The Balaban J connectivity index is 3.47. The van der Waals surface area contributed by atoms with Crippen molar-refractivity contribution in [3.05, 3.63) is 19.5 Å². The molecule has 1 rings (SSSR count). The van der Waals surface area contributed by atoms with E-state index in [0.717, 1.165) is 4.68 Å². The van der Waals surface area contributed by atoms with Crippen LogP contribution in [0.4, 0.5) is 5.69 Å². The first-order chi connectivity index (χ1) is 5.95. The molecular formula is C5H4IN3O4. The first-order valence-electron chi connectivity index (χ1n) is 3.05. The van der Waals surface area contributed by atoms with Crippen molar-refractivity contribution in [1.82, 2.24) is 9.78 Å². The Kier molecular flexibility index (Phi) is 2.50. The van der Waals surface area contributed by atoms with Gasteiger partial charge in [-0.1, -0.05) is 0 Å². The summed E-state index contributed by atoms with van der Waals surface area (Å²) in [5, 5.41) is 22.7. The van der Waals surface area contributed by atoms with Crippen LogP contribution in [0.3, 0.4) is 0 Å². The Morgan fingerprint density at radius 3 is 2.62 bits per heavy atom. The highest BCUT2D eigenvalue weighted by Gasteiger charge is 2.29. The van der Waals surface area contributed by atoms with E-state index in [1.807, 2.05) is 0 Å². The molecule has 0 fully saturated rings. The summed E-state index contributed by atoms with van der Waals surface area (Å²) in [5.41, 5.74) is -0.870. The highest BCUT2D eigenvalue weighted by molar-refractivity contribution is 14.1. The van der Waals surface area contributed by atoms with E-state index in [-0.39, 0.29) is 3.70 Å². The fraction of sp³-hybridized carbons (Fsp3) is 0.200. The number of hydrogen-bond acceptors (Lipinski definition) is 4. The van der Waals surface area contributed by atoms with E-state index in [1.54, 1.807) is 22.6 Å². The number of halogens is 1. The number of aryl methyl sites for hydroxylation is 1. The second-order valence-electron chi connectivity index (χ2n) is 2.17. The zero-order valence-corrected chi connectivity index (χ0v) is 8.55. The molecule has 0 unspecified atom stereocenters. The van der Waals surface area contributed by atoms with Crippen molar-refractivity contribution in [2.75, 3.05) is 0 Å². The summed E-state index contributed by atoms with van der Waals surface area (Å²) in [6.45, 7) is 0. The highest BCUT2D eigenvalue weighted by Crippen LogP contribution is 2.23. The van der Waals surface area contributed by atoms with E-state index in [0.29, 0.717) is 0 Å². The van der Waals surface area contributed by atoms with Crippen molar-refractivity contribution in [3.8, 4) is 0 Å². The van der Waals surface area contributed by atoms with Gasteiger partial charge < -0.3 is 5.11 Å². The molecule has 1 aromatic heterocycles. The predicted octanol–water partition coefficient (Wildman–Crippen LogP) is 0.631. The molecule has 7 nitrogen and oxygen atoms in total. The Morgan fingerprint density at radius 1 is 1.77 bits per heavy atom. The predicted molar refractivity (Wildman–Crippen MR) is 49.5 cm³/mol. The number of nitrogens with zero attached hydrogens (tertiary/aromatic N) is 3. The van der Waals surface area contributed by atoms with Crippen LogP contribution in [0, 0.1) is 13.8 Å². The first kappa shape index (κ1) is 9.89. The first-order valence-corrected chi connectivity index (χ1v) is 4.13. The van der Waals surface area contributed by atoms with Gasteiger partial charge in [0, 0.05) is 7.05 Å². The molecule has 0 atom stereocenters. The maximum Gasteiger partial charge on any atom is 0.361 e. The minimum atomic E-state index is -1.36. The van der Waals surface area contributed by atoms with Gasteiger partial charge in [-0.05, 0) is 22.6 Å². The third kappa shape index (κ3) is 1.61. The molecule has 1 heterocycles. The highest BCUT2D eigenvalue weighted by atomic mass is 127. The van der Waals surface area contributed by atoms with E-state index >= 15 is 0 Å². The summed E-state index contributed by atoms with van der Waals surface area (Å²) in [6, 6.07) is 0. The largest absolute Gasteiger partial charge is 0.476 e. The van der Waals surface area contributed by atoms with Crippen molar-refractivity contribution in [1.29, 1.82) is 0 Å². The standard InChI is InChI=1S/C5H4IN3O4/c1-8-3(5(10)11)2(9(12)13)4(6)7-8/h1H3,(H,10,11). The molecule has 8 heteroatoms. The van der Waals surface area contributed by atoms with Crippen molar-refractivity contribution in [3.63, 3.8) is 0 Å². The monoisotopic (exact) mass is 297 g/mol. The molecule has 0 aliphatic carbocycles. The fourth-order valence-corrected chi connectivity index (χ4v) is 1.66. The lowest BCUT2D eigenvalue weighted by Gasteiger charge is -1.92.